The van der Waals surface area contributed by atoms with Gasteiger partial charge in [-0.2, -0.15) is 0 Å². The van der Waals surface area contributed by atoms with Crippen molar-refractivity contribution in [1.29, 1.82) is 0 Å². The monoisotopic (exact) mass is 258 g/mol. The molecular weight excluding hydrogens is 244 g/mol. The van der Waals surface area contributed by atoms with E-state index in [2.05, 4.69) is 29.4 Å². The highest BCUT2D eigenvalue weighted by Crippen LogP contribution is 2.49. The molecule has 1 heterocycles. The van der Waals surface area contributed by atoms with Gasteiger partial charge in [0.2, 0.25) is 5.91 Å². The minimum Gasteiger partial charge on any atom is -0.301 e. The summed E-state index contributed by atoms with van der Waals surface area (Å²) in [6, 6.07) is 8.22. The van der Waals surface area contributed by atoms with E-state index < -0.39 is 0 Å². The number of nitrogens with one attached hydrogen (secondary N) is 1. The molecule has 92 valence electrons. The Hall–Kier alpha value is -1.68. The number of aryl methyl sites for hydroxylation is 1. The summed E-state index contributed by atoms with van der Waals surface area (Å²) in [4.78, 5) is 16.5. The van der Waals surface area contributed by atoms with E-state index in [-0.39, 0.29) is 11.3 Å². The molecule has 0 atom stereocenters. The first kappa shape index (κ1) is 11.4. The number of carbonyl (C=O) groups is 1. The van der Waals surface area contributed by atoms with Crippen LogP contribution in [0.25, 0.3) is 0 Å². The van der Waals surface area contributed by atoms with Gasteiger partial charge in [0.1, 0.15) is 0 Å². The van der Waals surface area contributed by atoms with Gasteiger partial charge in [-0.3, -0.25) is 4.79 Å². The van der Waals surface area contributed by atoms with Crippen molar-refractivity contribution in [2.45, 2.75) is 25.2 Å². The van der Waals surface area contributed by atoms with Crippen LogP contribution in [0.1, 0.15) is 24.0 Å². The standard InChI is InChI=1S/C14H14N2OS/c1-10-3-2-4-11(9-10)14(5-6-14)12(17)16-13-15-7-8-18-13/h2-4,7-9H,5-6H2,1H3,(H,15,16,17). The van der Waals surface area contributed by atoms with Gasteiger partial charge < -0.3 is 5.32 Å². The third-order valence-corrected chi connectivity index (χ3v) is 4.10. The van der Waals surface area contributed by atoms with Crippen molar-refractivity contribution < 1.29 is 4.79 Å². The zero-order chi connectivity index (χ0) is 12.6. The number of hydrogen-bond donors (Lipinski definition) is 1. The Morgan fingerprint density at radius 2 is 2.28 bits per heavy atom. The topological polar surface area (TPSA) is 42.0 Å². The van der Waals surface area contributed by atoms with E-state index in [4.69, 9.17) is 0 Å². The predicted octanol–water partition coefficient (Wildman–Crippen LogP) is 3.12. The second kappa shape index (κ2) is 4.21. The molecule has 3 nitrogen and oxygen atoms in total. The molecule has 1 aliphatic carbocycles. The molecule has 4 heteroatoms. The molecule has 1 N–H and O–H groups in total. The first-order valence-corrected chi connectivity index (χ1v) is 6.87. The Bertz CT molecular complexity index is 573. The van der Waals surface area contributed by atoms with E-state index in [1.807, 2.05) is 17.5 Å². The molecule has 0 spiro atoms. The Morgan fingerprint density at radius 3 is 2.89 bits per heavy atom. The maximum Gasteiger partial charge on any atom is 0.236 e. The molecule has 18 heavy (non-hydrogen) atoms. The van der Waals surface area contributed by atoms with Crippen LogP contribution in [0.5, 0.6) is 0 Å². The van der Waals surface area contributed by atoms with Gasteiger partial charge in [0.25, 0.3) is 0 Å². The molecule has 0 radical (unpaired) electrons. The lowest BCUT2D eigenvalue weighted by Gasteiger charge is -2.15. The van der Waals surface area contributed by atoms with E-state index >= 15 is 0 Å². The summed E-state index contributed by atoms with van der Waals surface area (Å²) in [7, 11) is 0. The molecule has 1 aromatic heterocycles. The average Bonchev–Trinajstić information content (AvgIpc) is 3.03. The van der Waals surface area contributed by atoms with Crippen LogP contribution in [0.4, 0.5) is 5.13 Å². The number of carbonyl (C=O) groups excluding carboxylic acids is 1. The molecule has 1 aliphatic rings. The normalized spacial score (nSPS) is 16.3. The number of aromatic nitrogens is 1. The Morgan fingerprint density at radius 1 is 1.44 bits per heavy atom. The second-order valence-electron chi connectivity index (χ2n) is 4.74. The van der Waals surface area contributed by atoms with Crippen LogP contribution in [0.15, 0.2) is 35.8 Å². The zero-order valence-corrected chi connectivity index (χ0v) is 11.0. The molecule has 1 fully saturated rings. The van der Waals surface area contributed by atoms with Crippen LogP contribution in [-0.4, -0.2) is 10.9 Å². The van der Waals surface area contributed by atoms with Crippen LogP contribution < -0.4 is 5.32 Å². The summed E-state index contributed by atoms with van der Waals surface area (Å²) in [6.07, 6.45) is 3.55. The molecule has 0 aliphatic heterocycles. The lowest BCUT2D eigenvalue weighted by atomic mass is 9.94. The van der Waals surface area contributed by atoms with Gasteiger partial charge in [0.15, 0.2) is 5.13 Å². The quantitative estimate of drug-likeness (QED) is 0.919. The highest BCUT2D eigenvalue weighted by Gasteiger charge is 2.51. The first-order chi connectivity index (χ1) is 8.71. The van der Waals surface area contributed by atoms with Gasteiger partial charge in [0, 0.05) is 11.6 Å². The number of benzene rings is 1. The van der Waals surface area contributed by atoms with Crippen molar-refractivity contribution in [1.82, 2.24) is 4.98 Å². The summed E-state index contributed by atoms with van der Waals surface area (Å²) < 4.78 is 0. The van der Waals surface area contributed by atoms with Gasteiger partial charge in [-0.05, 0) is 25.3 Å². The van der Waals surface area contributed by atoms with Gasteiger partial charge in [0.05, 0.1) is 5.41 Å². The van der Waals surface area contributed by atoms with Crippen molar-refractivity contribution in [3.8, 4) is 0 Å². The average molecular weight is 258 g/mol. The molecule has 1 amide bonds. The van der Waals surface area contributed by atoms with Crippen LogP contribution in [0.2, 0.25) is 0 Å². The Balaban J connectivity index is 1.85. The molecule has 0 bridgehead atoms. The van der Waals surface area contributed by atoms with Crippen molar-refractivity contribution in [3.05, 3.63) is 47.0 Å². The summed E-state index contributed by atoms with van der Waals surface area (Å²) >= 11 is 1.45. The molecule has 1 aromatic carbocycles. The lowest BCUT2D eigenvalue weighted by molar-refractivity contribution is -0.118. The largest absolute Gasteiger partial charge is 0.301 e. The summed E-state index contributed by atoms with van der Waals surface area (Å²) in [5.41, 5.74) is 2.00. The van der Waals surface area contributed by atoms with Crippen molar-refractivity contribution in [3.63, 3.8) is 0 Å². The highest BCUT2D eigenvalue weighted by molar-refractivity contribution is 7.13. The maximum atomic E-state index is 12.4. The lowest BCUT2D eigenvalue weighted by Crippen LogP contribution is -2.27. The number of rotatable bonds is 3. The third kappa shape index (κ3) is 1.93. The fourth-order valence-electron chi connectivity index (χ4n) is 2.22. The van der Waals surface area contributed by atoms with Crippen LogP contribution in [0.3, 0.4) is 0 Å². The summed E-state index contributed by atoms with van der Waals surface area (Å²) in [5.74, 6) is 0.0723. The van der Waals surface area contributed by atoms with E-state index in [0.29, 0.717) is 5.13 Å². The van der Waals surface area contributed by atoms with Gasteiger partial charge in [-0.1, -0.05) is 29.8 Å². The maximum absolute atomic E-state index is 12.4. The van der Waals surface area contributed by atoms with E-state index in [9.17, 15) is 4.79 Å². The van der Waals surface area contributed by atoms with Crippen molar-refractivity contribution in [2.75, 3.05) is 5.32 Å². The molecule has 3 rings (SSSR count). The van der Waals surface area contributed by atoms with Crippen molar-refractivity contribution in [2.24, 2.45) is 0 Å². The zero-order valence-electron chi connectivity index (χ0n) is 10.1. The summed E-state index contributed by atoms with van der Waals surface area (Å²) in [5, 5.41) is 5.45. The number of hydrogen-bond acceptors (Lipinski definition) is 3. The van der Waals surface area contributed by atoms with Crippen LogP contribution in [-0.2, 0) is 10.2 Å². The number of anilines is 1. The number of nitrogens with zero attached hydrogens (tertiary/aromatic N) is 1. The number of thiazole rings is 1. The molecule has 0 unspecified atom stereocenters. The Labute approximate surface area is 110 Å². The molecule has 0 saturated heterocycles. The predicted molar refractivity (Wildman–Crippen MR) is 72.8 cm³/mol. The van der Waals surface area contributed by atoms with Gasteiger partial charge in [-0.15, -0.1) is 11.3 Å². The fraction of sp³-hybridized carbons (Fsp3) is 0.286. The van der Waals surface area contributed by atoms with E-state index in [1.54, 1.807) is 6.20 Å². The van der Waals surface area contributed by atoms with Crippen LogP contribution in [0, 0.1) is 6.92 Å². The molecule has 1 saturated carbocycles. The second-order valence-corrected chi connectivity index (χ2v) is 5.64. The Kier molecular flexibility index (Phi) is 2.67. The highest BCUT2D eigenvalue weighted by atomic mass is 32.1. The van der Waals surface area contributed by atoms with E-state index in [1.165, 1.54) is 16.9 Å². The molecular formula is C14H14N2OS. The van der Waals surface area contributed by atoms with Crippen molar-refractivity contribution >= 4 is 22.4 Å². The third-order valence-electron chi connectivity index (χ3n) is 3.41. The number of amides is 1. The SMILES string of the molecule is Cc1cccc(C2(C(=O)Nc3nccs3)CC2)c1. The minimum absolute atomic E-state index is 0.0723. The van der Waals surface area contributed by atoms with Gasteiger partial charge in [-0.25, -0.2) is 4.98 Å². The van der Waals surface area contributed by atoms with E-state index in [0.717, 1.165) is 18.4 Å². The molecule has 2 aromatic rings. The van der Waals surface area contributed by atoms with Gasteiger partial charge >= 0.3 is 0 Å². The van der Waals surface area contributed by atoms with Crippen LogP contribution >= 0.6 is 11.3 Å². The fourth-order valence-corrected chi connectivity index (χ4v) is 2.74. The minimum atomic E-state index is -0.322. The smallest absolute Gasteiger partial charge is 0.236 e. The summed E-state index contributed by atoms with van der Waals surface area (Å²) in [6.45, 7) is 2.05. The first-order valence-electron chi connectivity index (χ1n) is 5.99.